The third-order valence-corrected chi connectivity index (χ3v) is 2.88. The first-order valence-corrected chi connectivity index (χ1v) is 4.98. The third kappa shape index (κ3) is 1.24. The fourth-order valence-corrected chi connectivity index (χ4v) is 2.12. The maximum atomic E-state index is 11.7. The Morgan fingerprint density at radius 3 is 2.93 bits per heavy atom. The molecule has 1 aromatic carbocycles. The van der Waals surface area contributed by atoms with Crippen molar-refractivity contribution in [3.05, 3.63) is 34.9 Å². The second kappa shape index (κ2) is 3.17. The van der Waals surface area contributed by atoms with Crippen molar-refractivity contribution in [1.29, 1.82) is 0 Å². The lowest BCUT2D eigenvalue weighted by Gasteiger charge is -2.04. The largest absolute Gasteiger partial charge is 0.389 e. The molecule has 2 N–H and O–H groups in total. The topological polar surface area (TPSA) is 43.1 Å². The van der Waals surface area contributed by atoms with Gasteiger partial charge in [-0.2, -0.15) is 0 Å². The normalized spacial score (nSPS) is 19.5. The van der Waals surface area contributed by atoms with Crippen LogP contribution >= 0.6 is 12.2 Å². The number of thiocarbonyl (C=S) groups is 1. The molecule has 0 aliphatic heterocycles. The van der Waals surface area contributed by atoms with Crippen molar-refractivity contribution in [2.45, 2.75) is 13.3 Å². The van der Waals surface area contributed by atoms with Crippen LogP contribution < -0.4 is 5.73 Å². The van der Waals surface area contributed by atoms with Gasteiger partial charge in [-0.1, -0.05) is 37.3 Å². The molecule has 0 saturated carbocycles. The molecule has 1 aromatic rings. The molecule has 0 heterocycles. The van der Waals surface area contributed by atoms with Gasteiger partial charge in [-0.25, -0.2) is 0 Å². The van der Waals surface area contributed by atoms with E-state index in [1.54, 1.807) is 0 Å². The van der Waals surface area contributed by atoms with E-state index < -0.39 is 0 Å². The number of fused-ring (bicyclic) bond motifs is 1. The summed E-state index contributed by atoms with van der Waals surface area (Å²) in [4.78, 5) is 12.1. The summed E-state index contributed by atoms with van der Waals surface area (Å²) in [5.74, 6) is 0.276. The predicted molar refractivity (Wildman–Crippen MR) is 59.5 cm³/mol. The molecule has 0 saturated heterocycles. The average Bonchev–Trinajstić information content (AvgIpc) is 2.43. The molecule has 0 spiro atoms. The summed E-state index contributed by atoms with van der Waals surface area (Å²) in [6.45, 7) is 1.94. The van der Waals surface area contributed by atoms with E-state index in [0.717, 1.165) is 23.1 Å². The summed E-state index contributed by atoms with van der Waals surface area (Å²) in [5, 5.41) is 0. The Hall–Kier alpha value is -1.22. The Bertz CT molecular complexity index is 425. The molecule has 0 bridgehead atoms. The zero-order chi connectivity index (χ0) is 10.3. The van der Waals surface area contributed by atoms with Crippen LogP contribution in [0, 0.1) is 5.92 Å². The Morgan fingerprint density at radius 1 is 1.57 bits per heavy atom. The van der Waals surface area contributed by atoms with Gasteiger partial charge < -0.3 is 5.73 Å². The number of hydrogen-bond acceptors (Lipinski definition) is 2. The molecule has 2 rings (SSSR count). The monoisotopic (exact) mass is 205 g/mol. The van der Waals surface area contributed by atoms with Gasteiger partial charge in [-0.15, -0.1) is 0 Å². The first-order valence-electron chi connectivity index (χ1n) is 4.57. The van der Waals surface area contributed by atoms with Gasteiger partial charge in [0.1, 0.15) is 4.99 Å². The van der Waals surface area contributed by atoms with Gasteiger partial charge >= 0.3 is 0 Å². The minimum absolute atomic E-state index is 0.0699. The van der Waals surface area contributed by atoms with Crippen LogP contribution in [0.25, 0.3) is 0 Å². The zero-order valence-electron chi connectivity index (χ0n) is 7.91. The highest BCUT2D eigenvalue weighted by Gasteiger charge is 2.28. The van der Waals surface area contributed by atoms with Crippen molar-refractivity contribution in [2.24, 2.45) is 11.7 Å². The van der Waals surface area contributed by atoms with E-state index in [9.17, 15) is 4.79 Å². The highest BCUT2D eigenvalue weighted by Crippen LogP contribution is 2.28. The van der Waals surface area contributed by atoms with Crippen LogP contribution in [0.5, 0.6) is 0 Å². The smallest absolute Gasteiger partial charge is 0.166 e. The highest BCUT2D eigenvalue weighted by atomic mass is 32.1. The molecular formula is C11H11NOS. The lowest BCUT2D eigenvalue weighted by molar-refractivity contribution is 0.0946. The van der Waals surface area contributed by atoms with Gasteiger partial charge in [0.05, 0.1) is 0 Å². The van der Waals surface area contributed by atoms with Gasteiger partial charge in [-0.3, -0.25) is 4.79 Å². The number of nitrogens with two attached hydrogens (primary N) is 1. The molecule has 1 unspecified atom stereocenters. The predicted octanol–water partition coefficient (Wildman–Crippen LogP) is 1.70. The summed E-state index contributed by atoms with van der Waals surface area (Å²) in [5.41, 5.74) is 8.27. The zero-order valence-corrected chi connectivity index (χ0v) is 8.73. The van der Waals surface area contributed by atoms with Gasteiger partial charge in [0, 0.05) is 17.0 Å². The summed E-state index contributed by atoms with van der Waals surface area (Å²) < 4.78 is 0. The number of hydrogen-bond donors (Lipinski definition) is 1. The molecule has 72 valence electrons. The SMILES string of the molecule is CC1Cc2c(cccc2C(N)=S)C1=O. The van der Waals surface area contributed by atoms with Crippen LogP contribution in [0.4, 0.5) is 0 Å². The Morgan fingerprint density at radius 2 is 2.29 bits per heavy atom. The van der Waals surface area contributed by atoms with Gasteiger partial charge in [0.25, 0.3) is 0 Å². The molecule has 0 fully saturated rings. The van der Waals surface area contributed by atoms with E-state index in [2.05, 4.69) is 0 Å². The fraction of sp³-hybridized carbons (Fsp3) is 0.273. The number of carbonyl (C=O) groups is 1. The molecule has 1 aliphatic carbocycles. The molecule has 1 atom stereocenters. The molecule has 0 aromatic heterocycles. The van der Waals surface area contributed by atoms with E-state index >= 15 is 0 Å². The maximum Gasteiger partial charge on any atom is 0.166 e. The summed E-state index contributed by atoms with van der Waals surface area (Å²) in [6.07, 6.45) is 0.766. The van der Waals surface area contributed by atoms with Crippen LogP contribution in [0.1, 0.15) is 28.4 Å². The van der Waals surface area contributed by atoms with Gasteiger partial charge in [0.15, 0.2) is 5.78 Å². The number of Topliss-reactive ketones (excluding diaryl/α,β-unsaturated/α-hetero) is 1. The van der Waals surface area contributed by atoms with Crippen molar-refractivity contribution >= 4 is 23.0 Å². The summed E-state index contributed by atoms with van der Waals surface area (Å²) in [6, 6.07) is 5.57. The second-order valence-electron chi connectivity index (χ2n) is 3.67. The standard InChI is InChI=1S/C11H11NOS/c1-6-5-9-7(10(6)13)3-2-4-8(9)11(12)14/h2-4,6H,5H2,1H3,(H2,12,14). The minimum atomic E-state index is 0.0699. The van der Waals surface area contributed by atoms with E-state index in [1.807, 2.05) is 25.1 Å². The van der Waals surface area contributed by atoms with Crippen LogP contribution in [-0.2, 0) is 6.42 Å². The Kier molecular flexibility index (Phi) is 2.11. The number of ketones is 1. The number of benzene rings is 1. The van der Waals surface area contributed by atoms with E-state index in [1.165, 1.54) is 0 Å². The van der Waals surface area contributed by atoms with E-state index in [4.69, 9.17) is 18.0 Å². The fourth-order valence-electron chi connectivity index (χ4n) is 1.93. The lowest BCUT2D eigenvalue weighted by atomic mass is 10.0. The second-order valence-corrected chi connectivity index (χ2v) is 4.11. The Balaban J connectivity index is 2.61. The van der Waals surface area contributed by atoms with Crippen molar-refractivity contribution in [2.75, 3.05) is 0 Å². The van der Waals surface area contributed by atoms with Gasteiger partial charge in [-0.05, 0) is 12.0 Å². The van der Waals surface area contributed by atoms with Crippen LogP contribution in [0.2, 0.25) is 0 Å². The van der Waals surface area contributed by atoms with Gasteiger partial charge in [0.2, 0.25) is 0 Å². The number of rotatable bonds is 1. The maximum absolute atomic E-state index is 11.7. The number of carbonyl (C=O) groups excluding carboxylic acids is 1. The van der Waals surface area contributed by atoms with E-state index in [-0.39, 0.29) is 11.7 Å². The molecular weight excluding hydrogens is 194 g/mol. The summed E-state index contributed by atoms with van der Waals surface area (Å²) in [7, 11) is 0. The molecule has 3 heteroatoms. The van der Waals surface area contributed by atoms with Crippen molar-refractivity contribution in [3.8, 4) is 0 Å². The lowest BCUT2D eigenvalue weighted by Crippen LogP contribution is -2.12. The molecule has 0 amide bonds. The van der Waals surface area contributed by atoms with Crippen LogP contribution in [0.15, 0.2) is 18.2 Å². The minimum Gasteiger partial charge on any atom is -0.389 e. The third-order valence-electron chi connectivity index (χ3n) is 2.66. The van der Waals surface area contributed by atoms with Crippen molar-refractivity contribution < 1.29 is 4.79 Å². The quantitative estimate of drug-likeness (QED) is 0.709. The van der Waals surface area contributed by atoms with Crippen LogP contribution in [0.3, 0.4) is 0 Å². The molecule has 2 nitrogen and oxygen atoms in total. The first kappa shape index (κ1) is 9.34. The molecule has 1 aliphatic rings. The average molecular weight is 205 g/mol. The molecule has 14 heavy (non-hydrogen) atoms. The van der Waals surface area contributed by atoms with Crippen molar-refractivity contribution in [3.63, 3.8) is 0 Å². The van der Waals surface area contributed by atoms with Crippen LogP contribution in [-0.4, -0.2) is 10.8 Å². The van der Waals surface area contributed by atoms with E-state index in [0.29, 0.717) is 4.99 Å². The van der Waals surface area contributed by atoms with Crippen molar-refractivity contribution in [1.82, 2.24) is 0 Å². The molecule has 0 radical (unpaired) electrons. The summed E-state index contributed by atoms with van der Waals surface area (Å²) >= 11 is 4.95. The first-order chi connectivity index (χ1) is 6.61. The Labute approximate surface area is 88.1 Å². The highest BCUT2D eigenvalue weighted by molar-refractivity contribution is 7.80.